The Bertz CT molecular complexity index is 1020. The highest BCUT2D eigenvalue weighted by molar-refractivity contribution is 6.05. The van der Waals surface area contributed by atoms with Gasteiger partial charge in [-0.3, -0.25) is 4.79 Å². The van der Waals surface area contributed by atoms with E-state index in [0.29, 0.717) is 11.4 Å². The van der Waals surface area contributed by atoms with Crippen molar-refractivity contribution in [2.45, 2.75) is 46.0 Å². The third-order valence-corrected chi connectivity index (χ3v) is 5.46. The molecule has 5 heteroatoms. The molecule has 0 unspecified atom stereocenters. The molecule has 144 valence electrons. The molecule has 0 aliphatic heterocycles. The molecule has 28 heavy (non-hydrogen) atoms. The summed E-state index contributed by atoms with van der Waals surface area (Å²) in [5.41, 5.74) is 5.77. The first-order valence-corrected chi connectivity index (χ1v) is 9.91. The van der Waals surface area contributed by atoms with Gasteiger partial charge in [-0.1, -0.05) is 44.2 Å². The van der Waals surface area contributed by atoms with Crippen molar-refractivity contribution in [1.82, 2.24) is 9.78 Å². The number of halogens is 1. The van der Waals surface area contributed by atoms with E-state index < -0.39 is 0 Å². The normalized spacial score (nSPS) is 12.8. The highest BCUT2D eigenvalue weighted by Crippen LogP contribution is 2.30. The minimum atomic E-state index is -0.337. The predicted octanol–water partition coefficient (Wildman–Crippen LogP) is 4.88. The van der Waals surface area contributed by atoms with Gasteiger partial charge < -0.3 is 5.32 Å². The van der Waals surface area contributed by atoms with Crippen LogP contribution in [0.3, 0.4) is 0 Å². The zero-order valence-electron chi connectivity index (χ0n) is 16.3. The van der Waals surface area contributed by atoms with Crippen LogP contribution in [0.4, 0.5) is 10.1 Å². The van der Waals surface area contributed by atoms with Crippen LogP contribution in [0.1, 0.15) is 53.1 Å². The molecule has 0 radical (unpaired) electrons. The van der Waals surface area contributed by atoms with Gasteiger partial charge in [0, 0.05) is 16.9 Å². The first kappa shape index (κ1) is 18.4. The van der Waals surface area contributed by atoms with Gasteiger partial charge in [-0.05, 0) is 55.4 Å². The average molecular weight is 377 g/mol. The van der Waals surface area contributed by atoms with Crippen LogP contribution in [0.2, 0.25) is 0 Å². The van der Waals surface area contributed by atoms with Crippen molar-refractivity contribution in [3.05, 3.63) is 76.4 Å². The zero-order valence-corrected chi connectivity index (χ0v) is 16.3. The molecule has 1 amide bonds. The lowest BCUT2D eigenvalue weighted by Gasteiger charge is -2.14. The molecular weight excluding hydrogens is 353 g/mol. The summed E-state index contributed by atoms with van der Waals surface area (Å²) in [6, 6.07) is 12.7. The van der Waals surface area contributed by atoms with Crippen LogP contribution < -0.4 is 5.32 Å². The maximum absolute atomic E-state index is 14.3. The second-order valence-electron chi connectivity index (χ2n) is 7.10. The number of hydrogen-bond donors (Lipinski definition) is 1. The van der Waals surface area contributed by atoms with E-state index in [2.05, 4.69) is 24.3 Å². The van der Waals surface area contributed by atoms with E-state index in [4.69, 9.17) is 0 Å². The van der Waals surface area contributed by atoms with Crippen LogP contribution in [0.5, 0.6) is 0 Å². The predicted molar refractivity (Wildman–Crippen MR) is 109 cm³/mol. The number of carbonyl (C=O) groups is 1. The third kappa shape index (κ3) is 3.11. The number of anilines is 1. The van der Waals surface area contributed by atoms with Crippen LogP contribution >= 0.6 is 0 Å². The SMILES string of the molecule is CCc1cccc(CC)c1NC(=O)c1nn(-c2ccccc2F)c2c1CCC2. The third-order valence-electron chi connectivity index (χ3n) is 5.46. The Balaban J connectivity index is 1.75. The lowest BCUT2D eigenvalue weighted by Crippen LogP contribution is -2.17. The Morgan fingerprint density at radius 3 is 2.46 bits per heavy atom. The molecule has 4 rings (SSSR count). The highest BCUT2D eigenvalue weighted by atomic mass is 19.1. The number of aromatic nitrogens is 2. The van der Waals surface area contributed by atoms with Crippen LogP contribution in [0.25, 0.3) is 5.69 Å². The van der Waals surface area contributed by atoms with Crippen molar-refractivity contribution in [2.24, 2.45) is 0 Å². The molecule has 0 fully saturated rings. The number of hydrogen-bond acceptors (Lipinski definition) is 2. The van der Waals surface area contributed by atoms with Gasteiger partial charge in [-0.2, -0.15) is 5.10 Å². The molecule has 1 heterocycles. The summed E-state index contributed by atoms with van der Waals surface area (Å²) in [6.07, 6.45) is 4.22. The molecule has 1 aliphatic carbocycles. The summed E-state index contributed by atoms with van der Waals surface area (Å²) in [5, 5.41) is 7.63. The van der Waals surface area contributed by atoms with Gasteiger partial charge in [-0.15, -0.1) is 0 Å². The van der Waals surface area contributed by atoms with Crippen molar-refractivity contribution in [2.75, 3.05) is 5.32 Å². The van der Waals surface area contributed by atoms with Crippen LogP contribution in [0.15, 0.2) is 42.5 Å². The fourth-order valence-corrected chi connectivity index (χ4v) is 4.02. The Morgan fingerprint density at radius 1 is 1.07 bits per heavy atom. The number of fused-ring (bicyclic) bond motifs is 1. The van der Waals surface area contributed by atoms with E-state index in [1.807, 2.05) is 18.2 Å². The van der Waals surface area contributed by atoms with E-state index >= 15 is 0 Å². The number of carbonyl (C=O) groups excluding carboxylic acids is 1. The smallest absolute Gasteiger partial charge is 0.276 e. The molecule has 4 nitrogen and oxygen atoms in total. The Labute approximate surface area is 164 Å². The lowest BCUT2D eigenvalue weighted by atomic mass is 10.0. The van der Waals surface area contributed by atoms with Crippen molar-refractivity contribution in [1.29, 1.82) is 0 Å². The van der Waals surface area contributed by atoms with Gasteiger partial charge in [0.2, 0.25) is 0 Å². The van der Waals surface area contributed by atoms with E-state index in [1.165, 1.54) is 6.07 Å². The summed E-state index contributed by atoms with van der Waals surface area (Å²) in [7, 11) is 0. The quantitative estimate of drug-likeness (QED) is 0.689. The number of nitrogens with one attached hydrogen (secondary N) is 1. The number of amides is 1. The molecule has 3 aromatic rings. The van der Waals surface area contributed by atoms with Gasteiger partial charge in [0.05, 0.1) is 0 Å². The summed E-state index contributed by atoms with van der Waals surface area (Å²) >= 11 is 0. The van der Waals surface area contributed by atoms with Gasteiger partial charge in [-0.25, -0.2) is 9.07 Å². The number of benzene rings is 2. The largest absolute Gasteiger partial charge is 0.320 e. The fraction of sp³-hybridized carbons (Fsp3) is 0.304. The number of rotatable bonds is 5. The highest BCUT2D eigenvalue weighted by Gasteiger charge is 2.28. The number of aryl methyl sites for hydroxylation is 2. The minimum Gasteiger partial charge on any atom is -0.320 e. The average Bonchev–Trinajstić information content (AvgIpc) is 3.31. The van der Waals surface area contributed by atoms with Gasteiger partial charge in [0.1, 0.15) is 11.5 Å². The standard InChI is InChI=1S/C23H24FN3O/c1-3-15-9-7-10-16(4-2)21(15)25-23(28)22-17-11-8-14-19(17)27(26-22)20-13-6-5-12-18(20)24/h5-7,9-10,12-13H,3-4,8,11,14H2,1-2H3,(H,25,28). The molecule has 1 N–H and O–H groups in total. The van der Waals surface area contributed by atoms with Crippen molar-refractivity contribution in [3.63, 3.8) is 0 Å². The topological polar surface area (TPSA) is 46.9 Å². The molecule has 1 aromatic heterocycles. The summed E-state index contributed by atoms with van der Waals surface area (Å²) in [6.45, 7) is 4.16. The number of para-hydroxylation sites is 2. The summed E-state index contributed by atoms with van der Waals surface area (Å²) in [4.78, 5) is 13.2. The Hall–Kier alpha value is -2.95. The van der Waals surface area contributed by atoms with Crippen molar-refractivity contribution >= 4 is 11.6 Å². The summed E-state index contributed by atoms with van der Waals surface area (Å²) in [5.74, 6) is -0.555. The molecule has 0 bridgehead atoms. The van der Waals surface area contributed by atoms with Crippen LogP contribution in [-0.4, -0.2) is 15.7 Å². The summed E-state index contributed by atoms with van der Waals surface area (Å²) < 4.78 is 15.9. The molecule has 0 spiro atoms. The van der Waals surface area contributed by atoms with Crippen LogP contribution in [-0.2, 0) is 25.7 Å². The fourth-order valence-electron chi connectivity index (χ4n) is 4.02. The molecule has 1 aliphatic rings. The molecule has 0 atom stereocenters. The number of nitrogens with zero attached hydrogens (tertiary/aromatic N) is 2. The molecule has 2 aromatic carbocycles. The first-order valence-electron chi connectivity index (χ1n) is 9.91. The van der Waals surface area contributed by atoms with Gasteiger partial charge >= 0.3 is 0 Å². The molecular formula is C23H24FN3O. The van der Waals surface area contributed by atoms with Gasteiger partial charge in [0.15, 0.2) is 5.69 Å². The lowest BCUT2D eigenvalue weighted by molar-refractivity contribution is 0.102. The van der Waals surface area contributed by atoms with Crippen LogP contribution in [0, 0.1) is 5.82 Å². The van der Waals surface area contributed by atoms with E-state index in [1.54, 1.807) is 22.9 Å². The van der Waals surface area contributed by atoms with Crippen molar-refractivity contribution in [3.8, 4) is 5.69 Å². The second-order valence-corrected chi connectivity index (χ2v) is 7.10. The second kappa shape index (κ2) is 7.58. The zero-order chi connectivity index (χ0) is 19.7. The van der Waals surface area contributed by atoms with E-state index in [-0.39, 0.29) is 11.7 Å². The maximum atomic E-state index is 14.3. The van der Waals surface area contributed by atoms with E-state index in [9.17, 15) is 9.18 Å². The first-order chi connectivity index (χ1) is 13.6. The molecule has 0 saturated carbocycles. The maximum Gasteiger partial charge on any atom is 0.276 e. The monoisotopic (exact) mass is 377 g/mol. The molecule has 0 saturated heterocycles. The van der Waals surface area contributed by atoms with Crippen molar-refractivity contribution < 1.29 is 9.18 Å². The Morgan fingerprint density at radius 2 is 1.79 bits per heavy atom. The van der Waals surface area contributed by atoms with Gasteiger partial charge in [0.25, 0.3) is 5.91 Å². The minimum absolute atomic E-state index is 0.219. The van der Waals surface area contributed by atoms with E-state index in [0.717, 1.165) is 60.2 Å². The Kier molecular flexibility index (Phi) is 4.99.